The topological polar surface area (TPSA) is 21.3 Å². The molecule has 1 saturated heterocycles. The average Bonchev–Trinajstić information content (AvgIpc) is 2.37. The monoisotopic (exact) mass is 273 g/mol. The van der Waals surface area contributed by atoms with Crippen LogP contribution in [-0.2, 0) is 17.5 Å². The van der Waals surface area contributed by atoms with Gasteiger partial charge in [0.15, 0.2) is 0 Å². The molecule has 1 unspecified atom stereocenters. The molecule has 0 aliphatic carbocycles. The first-order valence-corrected chi connectivity index (χ1v) is 6.40. The lowest BCUT2D eigenvalue weighted by atomic mass is 9.96. The number of hydrogen-bond donors (Lipinski definition) is 1. The molecule has 0 spiro atoms. The molecule has 1 N–H and O–H groups in total. The normalized spacial score (nSPS) is 24.4. The predicted molar refractivity (Wildman–Crippen MR) is 66.7 cm³/mol. The van der Waals surface area contributed by atoms with Gasteiger partial charge in [0.1, 0.15) is 0 Å². The van der Waals surface area contributed by atoms with E-state index >= 15 is 0 Å². The Bertz CT molecular complexity index is 408. The Kier molecular flexibility index (Phi) is 4.16. The molecule has 19 heavy (non-hydrogen) atoms. The summed E-state index contributed by atoms with van der Waals surface area (Å²) in [6, 6.07) is 5.14. The summed E-state index contributed by atoms with van der Waals surface area (Å²) in [6.45, 7) is 4.16. The van der Waals surface area contributed by atoms with E-state index < -0.39 is 11.7 Å². The summed E-state index contributed by atoms with van der Waals surface area (Å²) in [6.07, 6.45) is -2.25. The first-order valence-electron chi connectivity index (χ1n) is 6.40. The summed E-state index contributed by atoms with van der Waals surface area (Å²) in [5.74, 6) is 0. The van der Waals surface area contributed by atoms with Gasteiger partial charge < -0.3 is 10.1 Å². The third-order valence-corrected chi connectivity index (χ3v) is 3.43. The van der Waals surface area contributed by atoms with Crippen molar-refractivity contribution in [2.24, 2.45) is 0 Å². The van der Waals surface area contributed by atoms with E-state index in [9.17, 15) is 13.2 Å². The number of nitrogens with one attached hydrogen (secondary N) is 1. The largest absolute Gasteiger partial charge is 0.416 e. The summed E-state index contributed by atoms with van der Waals surface area (Å²) in [5.41, 5.74) is -0.0809. The summed E-state index contributed by atoms with van der Waals surface area (Å²) < 4.78 is 43.1. The van der Waals surface area contributed by atoms with Crippen LogP contribution in [0.3, 0.4) is 0 Å². The highest BCUT2D eigenvalue weighted by Crippen LogP contribution is 2.29. The smallest absolute Gasteiger partial charge is 0.369 e. The van der Waals surface area contributed by atoms with Crippen LogP contribution in [0.4, 0.5) is 13.2 Å². The Balaban J connectivity index is 1.93. The molecular formula is C14H18F3NO. The highest BCUT2D eigenvalue weighted by Gasteiger charge is 2.30. The van der Waals surface area contributed by atoms with Crippen LogP contribution in [-0.4, -0.2) is 18.7 Å². The third kappa shape index (κ3) is 3.94. The molecule has 2 rings (SSSR count). The highest BCUT2D eigenvalue weighted by molar-refractivity contribution is 5.24. The Morgan fingerprint density at radius 2 is 1.95 bits per heavy atom. The van der Waals surface area contributed by atoms with Gasteiger partial charge in [0.25, 0.3) is 0 Å². The molecule has 1 aliphatic heterocycles. The van der Waals surface area contributed by atoms with Gasteiger partial charge in [-0.25, -0.2) is 0 Å². The van der Waals surface area contributed by atoms with Gasteiger partial charge in [0.2, 0.25) is 0 Å². The van der Waals surface area contributed by atoms with Crippen molar-refractivity contribution in [2.45, 2.75) is 38.1 Å². The van der Waals surface area contributed by atoms with Crippen molar-refractivity contribution in [2.75, 3.05) is 13.1 Å². The first kappa shape index (κ1) is 14.3. The summed E-state index contributed by atoms with van der Waals surface area (Å²) in [5, 5.41) is 3.27. The lowest BCUT2D eigenvalue weighted by Gasteiger charge is -2.34. The molecule has 1 aliphatic rings. The van der Waals surface area contributed by atoms with Crippen molar-refractivity contribution in [3.05, 3.63) is 35.4 Å². The summed E-state index contributed by atoms with van der Waals surface area (Å²) >= 11 is 0. The van der Waals surface area contributed by atoms with Crippen molar-refractivity contribution in [3.8, 4) is 0 Å². The van der Waals surface area contributed by atoms with E-state index in [0.29, 0.717) is 6.61 Å². The zero-order valence-electron chi connectivity index (χ0n) is 10.9. The van der Waals surface area contributed by atoms with Crippen LogP contribution in [0.2, 0.25) is 0 Å². The molecule has 1 aromatic rings. The Labute approximate surface area is 111 Å². The molecule has 1 atom stereocenters. The van der Waals surface area contributed by atoms with Gasteiger partial charge in [-0.3, -0.25) is 0 Å². The highest BCUT2D eigenvalue weighted by atomic mass is 19.4. The van der Waals surface area contributed by atoms with Crippen molar-refractivity contribution < 1.29 is 17.9 Å². The number of alkyl halides is 3. The molecule has 0 aromatic heterocycles. The minimum Gasteiger partial charge on any atom is -0.369 e. The van der Waals surface area contributed by atoms with Gasteiger partial charge in [-0.15, -0.1) is 0 Å². The molecule has 1 fully saturated rings. The van der Waals surface area contributed by atoms with Gasteiger partial charge in [-0.2, -0.15) is 13.2 Å². The Morgan fingerprint density at radius 1 is 1.26 bits per heavy atom. The fraction of sp³-hybridized carbons (Fsp3) is 0.571. The molecule has 1 heterocycles. The molecule has 106 valence electrons. The minimum atomic E-state index is -4.28. The van der Waals surface area contributed by atoms with E-state index in [1.165, 1.54) is 12.1 Å². The molecule has 1 aromatic carbocycles. The lowest BCUT2D eigenvalue weighted by molar-refractivity contribution is -0.137. The maximum absolute atomic E-state index is 12.4. The molecule has 0 saturated carbocycles. The maximum Gasteiger partial charge on any atom is 0.416 e. The zero-order valence-corrected chi connectivity index (χ0v) is 10.9. The Hall–Kier alpha value is -1.07. The molecule has 5 heteroatoms. The average molecular weight is 273 g/mol. The van der Waals surface area contributed by atoms with Crippen LogP contribution >= 0.6 is 0 Å². The third-order valence-electron chi connectivity index (χ3n) is 3.43. The van der Waals surface area contributed by atoms with E-state index in [1.54, 1.807) is 0 Å². The number of hydrogen-bond acceptors (Lipinski definition) is 2. The fourth-order valence-electron chi connectivity index (χ4n) is 2.20. The van der Waals surface area contributed by atoms with Crippen molar-refractivity contribution in [1.29, 1.82) is 0 Å². The quantitative estimate of drug-likeness (QED) is 0.911. The predicted octanol–water partition coefficient (Wildman–Crippen LogP) is 3.36. The summed E-state index contributed by atoms with van der Waals surface area (Å²) in [4.78, 5) is 0. The van der Waals surface area contributed by atoms with Crippen LogP contribution in [0.15, 0.2) is 24.3 Å². The summed E-state index contributed by atoms with van der Waals surface area (Å²) in [7, 11) is 0. The van der Waals surface area contributed by atoms with E-state index in [2.05, 4.69) is 5.32 Å². The molecule has 0 bridgehead atoms. The van der Waals surface area contributed by atoms with Crippen molar-refractivity contribution in [3.63, 3.8) is 0 Å². The Morgan fingerprint density at radius 3 is 2.47 bits per heavy atom. The van der Waals surface area contributed by atoms with Gasteiger partial charge in [0.05, 0.1) is 17.8 Å². The van der Waals surface area contributed by atoms with Crippen LogP contribution in [0.1, 0.15) is 30.9 Å². The molecule has 0 radical (unpaired) electrons. The number of rotatable bonds is 3. The second-order valence-corrected chi connectivity index (χ2v) is 5.21. The number of ether oxygens (including phenoxy) is 1. The van der Waals surface area contributed by atoms with E-state index in [-0.39, 0.29) is 5.60 Å². The number of benzene rings is 1. The zero-order chi connectivity index (χ0) is 13.9. The van der Waals surface area contributed by atoms with Gasteiger partial charge in [-0.05, 0) is 44.0 Å². The van der Waals surface area contributed by atoms with E-state index in [0.717, 1.165) is 43.6 Å². The van der Waals surface area contributed by atoms with E-state index in [1.807, 2.05) is 6.92 Å². The van der Waals surface area contributed by atoms with Crippen molar-refractivity contribution >= 4 is 0 Å². The SMILES string of the molecule is CC1(OCc2ccc(C(F)(F)F)cc2)CCCNC1. The minimum absolute atomic E-state index is 0.221. The maximum atomic E-state index is 12.4. The van der Waals surface area contributed by atoms with Crippen LogP contribution in [0.25, 0.3) is 0 Å². The van der Waals surface area contributed by atoms with Crippen LogP contribution in [0.5, 0.6) is 0 Å². The molecule has 2 nitrogen and oxygen atoms in total. The van der Waals surface area contributed by atoms with Gasteiger partial charge in [-0.1, -0.05) is 12.1 Å². The number of piperidine rings is 1. The second-order valence-electron chi connectivity index (χ2n) is 5.21. The van der Waals surface area contributed by atoms with Gasteiger partial charge in [0, 0.05) is 6.54 Å². The lowest BCUT2D eigenvalue weighted by Crippen LogP contribution is -2.45. The van der Waals surface area contributed by atoms with E-state index in [4.69, 9.17) is 4.74 Å². The van der Waals surface area contributed by atoms with Crippen LogP contribution in [0, 0.1) is 0 Å². The standard InChI is InChI=1S/C14H18F3NO/c1-13(7-2-8-18-10-13)19-9-11-3-5-12(6-4-11)14(15,16)17/h3-6,18H,2,7-10H2,1H3. The fourth-order valence-corrected chi connectivity index (χ4v) is 2.20. The van der Waals surface area contributed by atoms with Gasteiger partial charge >= 0.3 is 6.18 Å². The van der Waals surface area contributed by atoms with Crippen molar-refractivity contribution in [1.82, 2.24) is 5.32 Å². The molecular weight excluding hydrogens is 255 g/mol. The van der Waals surface area contributed by atoms with Crippen LogP contribution < -0.4 is 5.32 Å². The first-order chi connectivity index (χ1) is 8.89. The molecule has 0 amide bonds. The number of halogens is 3. The second kappa shape index (κ2) is 5.51.